The fourth-order valence-electron chi connectivity index (χ4n) is 3.41. The van der Waals surface area contributed by atoms with Gasteiger partial charge in [0.1, 0.15) is 0 Å². The number of rotatable bonds is 6. The number of benzene rings is 3. The first-order valence-corrected chi connectivity index (χ1v) is 9.26. The summed E-state index contributed by atoms with van der Waals surface area (Å²) in [7, 11) is 1.57. The fourth-order valence-corrected chi connectivity index (χ4v) is 3.41. The highest BCUT2D eigenvalue weighted by molar-refractivity contribution is 5.92. The second kappa shape index (κ2) is 8.05. The van der Waals surface area contributed by atoms with E-state index in [0.717, 1.165) is 24.3 Å². The maximum atomic E-state index is 12.2. The lowest BCUT2D eigenvalue weighted by atomic mass is 10.2. The van der Waals surface area contributed by atoms with Crippen LogP contribution in [0.1, 0.15) is 5.56 Å². The molecule has 1 amide bonds. The van der Waals surface area contributed by atoms with Crippen LogP contribution in [0.2, 0.25) is 0 Å². The molecule has 0 spiro atoms. The van der Waals surface area contributed by atoms with Gasteiger partial charge in [0, 0.05) is 23.6 Å². The Kier molecular flexibility index (Phi) is 5.15. The molecule has 0 saturated heterocycles. The highest BCUT2D eigenvalue weighted by Crippen LogP contribution is 2.34. The molecule has 0 fully saturated rings. The quantitative estimate of drug-likeness (QED) is 0.694. The normalized spacial score (nSPS) is 12.4. The Bertz CT molecular complexity index is 970. The molecule has 142 valence electrons. The molecule has 0 aliphatic carbocycles. The molecule has 4 rings (SSSR count). The van der Waals surface area contributed by atoms with Gasteiger partial charge in [0.25, 0.3) is 5.91 Å². The number of fused-ring (bicyclic) bond motifs is 1. The van der Waals surface area contributed by atoms with Crippen molar-refractivity contribution in [2.24, 2.45) is 0 Å². The van der Waals surface area contributed by atoms with Gasteiger partial charge in [0.2, 0.25) is 0 Å². The number of anilines is 3. The minimum Gasteiger partial charge on any atom is -0.493 e. The number of para-hydroxylation sites is 3. The molecule has 1 aliphatic rings. The second-order valence-corrected chi connectivity index (χ2v) is 6.56. The van der Waals surface area contributed by atoms with Gasteiger partial charge in [-0.05, 0) is 54.4 Å². The first-order valence-electron chi connectivity index (χ1n) is 9.26. The molecule has 5 nitrogen and oxygen atoms in total. The van der Waals surface area contributed by atoms with Crippen LogP contribution in [0.25, 0.3) is 0 Å². The number of nitrogens with one attached hydrogen (secondary N) is 1. The van der Waals surface area contributed by atoms with Crippen LogP contribution in [0, 0.1) is 0 Å². The van der Waals surface area contributed by atoms with Crippen LogP contribution in [0.3, 0.4) is 0 Å². The Labute approximate surface area is 164 Å². The Morgan fingerprint density at radius 2 is 1.68 bits per heavy atom. The standard InChI is InChI=1S/C23H22N2O3/c1-27-21-8-4-5-9-22(21)28-16-23(26)24-18-10-12-19(13-11-18)25-15-14-17-6-2-3-7-20(17)25/h2-13H,14-16H2,1H3,(H,24,26). The molecule has 1 aliphatic heterocycles. The van der Waals surface area contributed by atoms with Crippen LogP contribution in [0.4, 0.5) is 17.1 Å². The van der Waals surface area contributed by atoms with E-state index in [1.54, 1.807) is 19.2 Å². The average Bonchev–Trinajstić information content (AvgIpc) is 3.17. The molecule has 5 heteroatoms. The number of carbonyl (C=O) groups is 1. The zero-order valence-corrected chi connectivity index (χ0v) is 15.7. The van der Waals surface area contributed by atoms with Crippen molar-refractivity contribution in [3.8, 4) is 11.5 Å². The zero-order valence-electron chi connectivity index (χ0n) is 15.7. The van der Waals surface area contributed by atoms with Gasteiger partial charge in [-0.3, -0.25) is 4.79 Å². The van der Waals surface area contributed by atoms with Gasteiger partial charge in [-0.2, -0.15) is 0 Å². The monoisotopic (exact) mass is 374 g/mol. The third-order valence-electron chi connectivity index (χ3n) is 4.78. The molecule has 0 saturated carbocycles. The lowest BCUT2D eigenvalue weighted by molar-refractivity contribution is -0.118. The van der Waals surface area contributed by atoms with E-state index in [4.69, 9.17) is 9.47 Å². The topological polar surface area (TPSA) is 50.8 Å². The summed E-state index contributed by atoms with van der Waals surface area (Å²) in [5.74, 6) is 0.930. The van der Waals surface area contributed by atoms with Crippen LogP contribution in [-0.4, -0.2) is 26.2 Å². The summed E-state index contributed by atoms with van der Waals surface area (Å²) >= 11 is 0. The number of nitrogens with zero attached hydrogens (tertiary/aromatic N) is 1. The van der Waals surface area contributed by atoms with Crippen molar-refractivity contribution in [3.05, 3.63) is 78.4 Å². The number of ether oxygens (including phenoxy) is 2. The van der Waals surface area contributed by atoms with Gasteiger partial charge in [0.05, 0.1) is 7.11 Å². The Morgan fingerprint density at radius 1 is 0.964 bits per heavy atom. The number of carbonyl (C=O) groups excluding carboxylic acids is 1. The summed E-state index contributed by atoms with van der Waals surface area (Å²) in [5, 5.41) is 2.86. The van der Waals surface area contributed by atoms with E-state index in [-0.39, 0.29) is 12.5 Å². The molecule has 0 radical (unpaired) electrons. The summed E-state index contributed by atoms with van der Waals surface area (Å²) in [6.07, 6.45) is 1.05. The predicted molar refractivity (Wildman–Crippen MR) is 111 cm³/mol. The van der Waals surface area contributed by atoms with Crippen molar-refractivity contribution < 1.29 is 14.3 Å². The molecule has 28 heavy (non-hydrogen) atoms. The first-order chi connectivity index (χ1) is 13.7. The van der Waals surface area contributed by atoms with Gasteiger partial charge in [-0.15, -0.1) is 0 Å². The molecule has 0 unspecified atom stereocenters. The Morgan fingerprint density at radius 3 is 2.46 bits per heavy atom. The number of hydrogen-bond acceptors (Lipinski definition) is 4. The summed E-state index contributed by atoms with van der Waals surface area (Å²) in [5.41, 5.74) is 4.48. The minimum absolute atomic E-state index is 0.0817. The van der Waals surface area contributed by atoms with Gasteiger partial charge in [-0.25, -0.2) is 0 Å². The number of methoxy groups -OCH3 is 1. The van der Waals surface area contributed by atoms with Crippen LogP contribution >= 0.6 is 0 Å². The first kappa shape index (κ1) is 17.9. The van der Waals surface area contributed by atoms with Crippen molar-refractivity contribution in [2.75, 3.05) is 30.5 Å². The molecular formula is C23H22N2O3. The van der Waals surface area contributed by atoms with E-state index in [2.05, 4.69) is 34.5 Å². The SMILES string of the molecule is COc1ccccc1OCC(=O)Nc1ccc(N2CCc3ccccc32)cc1. The van der Waals surface area contributed by atoms with Gasteiger partial charge in [0.15, 0.2) is 18.1 Å². The van der Waals surface area contributed by atoms with E-state index in [9.17, 15) is 4.79 Å². The largest absolute Gasteiger partial charge is 0.493 e. The van der Waals surface area contributed by atoms with Crippen LogP contribution < -0.4 is 19.7 Å². The predicted octanol–water partition coefficient (Wildman–Crippen LogP) is 4.41. The highest BCUT2D eigenvalue weighted by Gasteiger charge is 2.19. The van der Waals surface area contributed by atoms with Crippen molar-refractivity contribution in [1.82, 2.24) is 0 Å². The fraction of sp³-hybridized carbons (Fsp3) is 0.174. The maximum absolute atomic E-state index is 12.2. The average molecular weight is 374 g/mol. The van der Waals surface area contributed by atoms with Crippen molar-refractivity contribution >= 4 is 23.0 Å². The lowest BCUT2D eigenvalue weighted by Gasteiger charge is -2.20. The van der Waals surface area contributed by atoms with E-state index in [1.165, 1.54) is 11.3 Å². The van der Waals surface area contributed by atoms with E-state index in [1.807, 2.05) is 36.4 Å². The van der Waals surface area contributed by atoms with E-state index in [0.29, 0.717) is 11.5 Å². The molecule has 1 heterocycles. The highest BCUT2D eigenvalue weighted by atomic mass is 16.5. The molecule has 0 aromatic heterocycles. The molecule has 3 aromatic rings. The third-order valence-corrected chi connectivity index (χ3v) is 4.78. The van der Waals surface area contributed by atoms with Gasteiger partial charge < -0.3 is 19.7 Å². The molecule has 1 N–H and O–H groups in total. The molecular weight excluding hydrogens is 352 g/mol. The van der Waals surface area contributed by atoms with Crippen LogP contribution in [0.15, 0.2) is 72.8 Å². The van der Waals surface area contributed by atoms with Gasteiger partial charge in [-0.1, -0.05) is 30.3 Å². The molecule has 3 aromatic carbocycles. The lowest BCUT2D eigenvalue weighted by Crippen LogP contribution is -2.20. The summed E-state index contributed by atoms with van der Waals surface area (Å²) in [4.78, 5) is 14.5. The Hall–Kier alpha value is -3.47. The maximum Gasteiger partial charge on any atom is 0.262 e. The van der Waals surface area contributed by atoms with Crippen molar-refractivity contribution in [2.45, 2.75) is 6.42 Å². The minimum atomic E-state index is -0.217. The third kappa shape index (κ3) is 3.78. The summed E-state index contributed by atoms with van der Waals surface area (Å²) in [6.45, 7) is 0.888. The second-order valence-electron chi connectivity index (χ2n) is 6.56. The Balaban J connectivity index is 1.36. The number of hydrogen-bond donors (Lipinski definition) is 1. The van der Waals surface area contributed by atoms with Gasteiger partial charge >= 0.3 is 0 Å². The zero-order chi connectivity index (χ0) is 19.3. The molecule has 0 bridgehead atoms. The van der Waals surface area contributed by atoms with E-state index >= 15 is 0 Å². The summed E-state index contributed by atoms with van der Waals surface area (Å²) < 4.78 is 10.8. The van der Waals surface area contributed by atoms with Crippen molar-refractivity contribution in [3.63, 3.8) is 0 Å². The summed E-state index contributed by atoms with van der Waals surface area (Å²) in [6, 6.07) is 23.6. The van der Waals surface area contributed by atoms with Crippen LogP contribution in [0.5, 0.6) is 11.5 Å². The smallest absolute Gasteiger partial charge is 0.262 e. The van der Waals surface area contributed by atoms with Crippen LogP contribution in [-0.2, 0) is 11.2 Å². The van der Waals surface area contributed by atoms with Crippen molar-refractivity contribution in [1.29, 1.82) is 0 Å². The number of amides is 1. The van der Waals surface area contributed by atoms with E-state index < -0.39 is 0 Å². The molecule has 0 atom stereocenters.